The minimum atomic E-state index is -0.0874. The van der Waals surface area contributed by atoms with Crippen molar-refractivity contribution in [1.82, 2.24) is 4.98 Å². The summed E-state index contributed by atoms with van der Waals surface area (Å²) < 4.78 is 5.15. The molecule has 0 bridgehead atoms. The predicted molar refractivity (Wildman–Crippen MR) is 105 cm³/mol. The second-order valence-electron chi connectivity index (χ2n) is 5.06. The Hall–Kier alpha value is -2.02. The van der Waals surface area contributed by atoms with E-state index in [1.807, 2.05) is 53.9 Å². The summed E-state index contributed by atoms with van der Waals surface area (Å²) in [7, 11) is 1.63. The number of hydrogen-bond acceptors (Lipinski definition) is 5. The van der Waals surface area contributed by atoms with Crippen LogP contribution in [0.4, 0.5) is 5.13 Å². The number of carbonyl (C=O) groups excluding carboxylic acids is 1. The van der Waals surface area contributed by atoms with Gasteiger partial charge in [-0.2, -0.15) is 0 Å². The molecule has 2 aromatic carbocycles. The number of halogens is 1. The Balaban J connectivity index is 1.56. The van der Waals surface area contributed by atoms with E-state index in [-0.39, 0.29) is 5.91 Å². The summed E-state index contributed by atoms with van der Waals surface area (Å²) >= 11 is 8.71. The lowest BCUT2D eigenvalue weighted by Gasteiger charge is -2.03. The summed E-state index contributed by atoms with van der Waals surface area (Å²) in [6.07, 6.45) is 0. The first-order valence-electron chi connectivity index (χ1n) is 7.42. The summed E-state index contributed by atoms with van der Waals surface area (Å²) in [5.41, 5.74) is 1.81. The highest BCUT2D eigenvalue weighted by molar-refractivity contribution is 8.00. The largest absolute Gasteiger partial charge is 0.497 e. The Bertz CT molecular complexity index is 848. The van der Waals surface area contributed by atoms with Gasteiger partial charge in [0.25, 0.3) is 0 Å². The third-order valence-electron chi connectivity index (χ3n) is 3.32. The molecule has 0 unspecified atom stereocenters. The normalized spacial score (nSPS) is 10.5. The number of amides is 1. The van der Waals surface area contributed by atoms with Crippen LogP contribution in [0.2, 0.25) is 5.02 Å². The van der Waals surface area contributed by atoms with Crippen molar-refractivity contribution in [1.29, 1.82) is 0 Å². The molecule has 3 aromatic rings. The van der Waals surface area contributed by atoms with Gasteiger partial charge in [-0.05, 0) is 48.5 Å². The van der Waals surface area contributed by atoms with E-state index >= 15 is 0 Å². The number of aromatic nitrogens is 1. The van der Waals surface area contributed by atoms with Crippen molar-refractivity contribution >= 4 is 45.7 Å². The van der Waals surface area contributed by atoms with Crippen LogP contribution in [-0.4, -0.2) is 23.8 Å². The second-order valence-corrected chi connectivity index (χ2v) is 7.40. The lowest BCUT2D eigenvalue weighted by atomic mass is 10.2. The van der Waals surface area contributed by atoms with Crippen LogP contribution >= 0.6 is 34.7 Å². The molecule has 0 saturated heterocycles. The summed E-state index contributed by atoms with van der Waals surface area (Å²) in [6, 6.07) is 15.1. The number of thioether (sulfide) groups is 1. The molecule has 25 heavy (non-hydrogen) atoms. The number of thiazole rings is 1. The quantitative estimate of drug-likeness (QED) is 0.587. The average Bonchev–Trinajstić information content (AvgIpc) is 3.10. The number of ether oxygens (including phenoxy) is 1. The molecule has 0 aliphatic rings. The van der Waals surface area contributed by atoms with Crippen molar-refractivity contribution in [2.45, 2.75) is 4.90 Å². The molecule has 0 fully saturated rings. The number of rotatable bonds is 6. The first kappa shape index (κ1) is 17.8. The Kier molecular flexibility index (Phi) is 5.96. The van der Waals surface area contributed by atoms with Gasteiger partial charge in [-0.1, -0.05) is 11.6 Å². The van der Waals surface area contributed by atoms with Gasteiger partial charge in [0.1, 0.15) is 5.75 Å². The van der Waals surface area contributed by atoms with Crippen LogP contribution in [0.15, 0.2) is 58.8 Å². The fourth-order valence-electron chi connectivity index (χ4n) is 2.06. The zero-order valence-corrected chi connectivity index (χ0v) is 15.8. The van der Waals surface area contributed by atoms with Crippen molar-refractivity contribution in [3.8, 4) is 17.0 Å². The van der Waals surface area contributed by atoms with E-state index in [1.165, 1.54) is 23.1 Å². The van der Waals surface area contributed by atoms with Crippen molar-refractivity contribution in [3.05, 3.63) is 58.9 Å². The number of anilines is 1. The second kappa shape index (κ2) is 8.38. The lowest BCUT2D eigenvalue weighted by molar-refractivity contribution is -0.113. The summed E-state index contributed by atoms with van der Waals surface area (Å²) in [4.78, 5) is 17.5. The maximum absolute atomic E-state index is 12.1. The topological polar surface area (TPSA) is 51.2 Å². The molecule has 1 aromatic heterocycles. The van der Waals surface area contributed by atoms with Gasteiger partial charge >= 0.3 is 0 Å². The van der Waals surface area contributed by atoms with Gasteiger partial charge in [-0.15, -0.1) is 23.1 Å². The number of nitrogens with zero attached hydrogens (tertiary/aromatic N) is 1. The molecule has 7 heteroatoms. The number of hydrogen-bond donors (Lipinski definition) is 1. The molecule has 1 heterocycles. The van der Waals surface area contributed by atoms with Gasteiger partial charge in [-0.3, -0.25) is 4.79 Å². The van der Waals surface area contributed by atoms with Crippen LogP contribution in [0.5, 0.6) is 5.75 Å². The average molecular weight is 391 g/mol. The highest BCUT2D eigenvalue weighted by atomic mass is 35.5. The van der Waals surface area contributed by atoms with E-state index in [4.69, 9.17) is 16.3 Å². The molecule has 4 nitrogen and oxygen atoms in total. The minimum Gasteiger partial charge on any atom is -0.497 e. The van der Waals surface area contributed by atoms with E-state index in [1.54, 1.807) is 7.11 Å². The van der Waals surface area contributed by atoms with Gasteiger partial charge in [-0.25, -0.2) is 4.98 Å². The first-order chi connectivity index (χ1) is 12.1. The van der Waals surface area contributed by atoms with Crippen LogP contribution in [0.25, 0.3) is 11.3 Å². The zero-order valence-electron chi connectivity index (χ0n) is 13.4. The maximum atomic E-state index is 12.1. The van der Waals surface area contributed by atoms with Crippen molar-refractivity contribution in [2.24, 2.45) is 0 Å². The summed E-state index contributed by atoms with van der Waals surface area (Å²) in [5, 5.41) is 6.03. The van der Waals surface area contributed by atoms with Crippen LogP contribution in [-0.2, 0) is 4.79 Å². The van der Waals surface area contributed by atoms with E-state index in [0.717, 1.165) is 21.9 Å². The molecule has 128 valence electrons. The third kappa shape index (κ3) is 4.98. The maximum Gasteiger partial charge on any atom is 0.236 e. The highest BCUT2D eigenvalue weighted by Gasteiger charge is 2.09. The fourth-order valence-corrected chi connectivity index (χ4v) is 3.62. The lowest BCUT2D eigenvalue weighted by Crippen LogP contribution is -2.13. The molecule has 3 rings (SSSR count). The number of benzene rings is 2. The monoisotopic (exact) mass is 390 g/mol. The highest BCUT2D eigenvalue weighted by Crippen LogP contribution is 2.27. The first-order valence-corrected chi connectivity index (χ1v) is 9.66. The van der Waals surface area contributed by atoms with Gasteiger partial charge in [0.2, 0.25) is 5.91 Å². The van der Waals surface area contributed by atoms with Crippen LogP contribution < -0.4 is 10.1 Å². The Labute approximate surface area is 159 Å². The van der Waals surface area contributed by atoms with E-state index < -0.39 is 0 Å². The van der Waals surface area contributed by atoms with Crippen molar-refractivity contribution in [2.75, 3.05) is 18.2 Å². The van der Waals surface area contributed by atoms with Crippen molar-refractivity contribution in [3.63, 3.8) is 0 Å². The Morgan fingerprint density at radius 1 is 1.20 bits per heavy atom. The SMILES string of the molecule is COc1ccc(-c2csc(NC(=O)CSc3ccc(Cl)cc3)n2)cc1. The zero-order chi connectivity index (χ0) is 17.6. The number of methoxy groups -OCH3 is 1. The molecule has 0 atom stereocenters. The predicted octanol–water partition coefficient (Wildman–Crippen LogP) is 5.20. The standard InChI is InChI=1S/C18H15ClN2O2S2/c1-23-14-6-2-12(3-7-14)16-10-25-18(20-16)21-17(22)11-24-15-8-4-13(19)5-9-15/h2-10H,11H2,1H3,(H,20,21,22). The third-order valence-corrected chi connectivity index (χ3v) is 5.34. The van der Waals surface area contributed by atoms with Gasteiger partial charge in [0, 0.05) is 20.9 Å². The Morgan fingerprint density at radius 2 is 1.92 bits per heavy atom. The minimum absolute atomic E-state index is 0.0874. The number of nitrogens with one attached hydrogen (secondary N) is 1. The molecule has 1 N–H and O–H groups in total. The van der Waals surface area contributed by atoms with E-state index in [9.17, 15) is 4.79 Å². The molecular formula is C18H15ClN2O2S2. The van der Waals surface area contributed by atoms with Gasteiger partial charge in [0.15, 0.2) is 5.13 Å². The molecule has 0 saturated carbocycles. The van der Waals surface area contributed by atoms with Crippen LogP contribution in [0, 0.1) is 0 Å². The van der Waals surface area contributed by atoms with Crippen LogP contribution in [0.3, 0.4) is 0 Å². The fraction of sp³-hybridized carbons (Fsp3) is 0.111. The van der Waals surface area contributed by atoms with E-state index in [2.05, 4.69) is 10.3 Å². The summed E-state index contributed by atoms with van der Waals surface area (Å²) in [5.74, 6) is 1.03. The number of carbonyl (C=O) groups is 1. The van der Waals surface area contributed by atoms with Gasteiger partial charge in [0.05, 0.1) is 18.6 Å². The van der Waals surface area contributed by atoms with Crippen molar-refractivity contribution < 1.29 is 9.53 Å². The molecule has 0 radical (unpaired) electrons. The molecule has 0 spiro atoms. The molecular weight excluding hydrogens is 376 g/mol. The smallest absolute Gasteiger partial charge is 0.236 e. The van der Waals surface area contributed by atoms with Gasteiger partial charge < -0.3 is 10.1 Å². The molecule has 1 amide bonds. The van der Waals surface area contributed by atoms with E-state index in [0.29, 0.717) is 15.9 Å². The molecule has 0 aliphatic heterocycles. The molecule has 0 aliphatic carbocycles. The Morgan fingerprint density at radius 3 is 2.60 bits per heavy atom. The van der Waals surface area contributed by atoms with Crippen LogP contribution in [0.1, 0.15) is 0 Å². The summed E-state index contributed by atoms with van der Waals surface area (Å²) in [6.45, 7) is 0.